The molecule has 1 atom stereocenters. The molecule has 1 heterocycles. The van der Waals surface area contributed by atoms with E-state index in [1.807, 2.05) is 6.07 Å². The zero-order chi connectivity index (χ0) is 13.8. The van der Waals surface area contributed by atoms with Gasteiger partial charge in [-0.2, -0.15) is 0 Å². The Balaban J connectivity index is 1.77. The molecule has 19 heavy (non-hydrogen) atoms. The highest BCUT2D eigenvalue weighted by Gasteiger charge is 2.23. The van der Waals surface area contributed by atoms with Gasteiger partial charge in [0.05, 0.1) is 4.47 Å². The van der Waals surface area contributed by atoms with Crippen LogP contribution in [0.4, 0.5) is 4.39 Å². The molecule has 1 aliphatic heterocycles. The molecule has 4 heteroatoms. The van der Waals surface area contributed by atoms with Crippen LogP contribution >= 0.6 is 15.9 Å². The van der Waals surface area contributed by atoms with Crippen molar-refractivity contribution >= 4 is 15.9 Å². The predicted molar refractivity (Wildman–Crippen MR) is 80.6 cm³/mol. The molecule has 106 valence electrons. The van der Waals surface area contributed by atoms with Gasteiger partial charge >= 0.3 is 0 Å². The Morgan fingerprint density at radius 2 is 2.26 bits per heavy atom. The average Bonchev–Trinajstić information content (AvgIpc) is 2.83. The molecule has 0 aliphatic carbocycles. The number of nitrogens with one attached hydrogen (secondary N) is 1. The van der Waals surface area contributed by atoms with Gasteiger partial charge < -0.3 is 10.2 Å². The van der Waals surface area contributed by atoms with Crippen molar-refractivity contribution in [1.82, 2.24) is 10.2 Å². The van der Waals surface area contributed by atoms with E-state index in [0.717, 1.165) is 24.6 Å². The number of rotatable bonds is 5. The molecule has 1 fully saturated rings. The van der Waals surface area contributed by atoms with Crippen LogP contribution in [0.1, 0.15) is 25.8 Å². The van der Waals surface area contributed by atoms with Gasteiger partial charge in [0.2, 0.25) is 0 Å². The maximum Gasteiger partial charge on any atom is 0.137 e. The zero-order valence-electron chi connectivity index (χ0n) is 11.6. The van der Waals surface area contributed by atoms with Crippen molar-refractivity contribution in [3.63, 3.8) is 0 Å². The van der Waals surface area contributed by atoms with Gasteiger partial charge in [0.25, 0.3) is 0 Å². The van der Waals surface area contributed by atoms with Crippen LogP contribution in [-0.4, -0.2) is 30.6 Å². The fraction of sp³-hybridized carbons (Fsp3) is 0.600. The SMILES string of the molecule is CC(C)N1CCC(CNCc2cccc(F)c2Br)C1. The fourth-order valence-electron chi connectivity index (χ4n) is 2.59. The first-order valence-corrected chi connectivity index (χ1v) is 7.75. The van der Waals surface area contributed by atoms with E-state index in [1.165, 1.54) is 25.6 Å². The van der Waals surface area contributed by atoms with Gasteiger partial charge in [-0.1, -0.05) is 12.1 Å². The molecule has 1 aliphatic rings. The molecule has 1 N–H and O–H groups in total. The van der Waals surface area contributed by atoms with Crippen molar-refractivity contribution in [3.8, 4) is 0 Å². The molecule has 0 amide bonds. The summed E-state index contributed by atoms with van der Waals surface area (Å²) in [5.41, 5.74) is 0.985. The number of halogens is 2. The summed E-state index contributed by atoms with van der Waals surface area (Å²) in [6, 6.07) is 5.83. The molecule has 0 spiro atoms. The molecule has 0 radical (unpaired) electrons. The highest BCUT2D eigenvalue weighted by atomic mass is 79.9. The summed E-state index contributed by atoms with van der Waals surface area (Å²) in [6.45, 7) is 8.60. The lowest BCUT2D eigenvalue weighted by Crippen LogP contribution is -2.30. The topological polar surface area (TPSA) is 15.3 Å². The molecular weight excluding hydrogens is 307 g/mol. The largest absolute Gasteiger partial charge is 0.312 e. The first-order valence-electron chi connectivity index (χ1n) is 6.95. The van der Waals surface area contributed by atoms with Gasteiger partial charge in [-0.15, -0.1) is 0 Å². The monoisotopic (exact) mass is 328 g/mol. The second-order valence-corrected chi connectivity index (χ2v) is 6.38. The van der Waals surface area contributed by atoms with Gasteiger partial charge in [0.15, 0.2) is 0 Å². The van der Waals surface area contributed by atoms with Gasteiger partial charge in [-0.05, 0) is 66.8 Å². The fourth-order valence-corrected chi connectivity index (χ4v) is 3.00. The van der Waals surface area contributed by atoms with E-state index in [-0.39, 0.29) is 5.82 Å². The van der Waals surface area contributed by atoms with Crippen LogP contribution in [0.3, 0.4) is 0 Å². The van der Waals surface area contributed by atoms with Crippen LogP contribution in [-0.2, 0) is 6.54 Å². The number of hydrogen-bond donors (Lipinski definition) is 1. The molecule has 1 unspecified atom stereocenters. The summed E-state index contributed by atoms with van der Waals surface area (Å²) in [6.07, 6.45) is 1.26. The minimum Gasteiger partial charge on any atom is -0.312 e. The average molecular weight is 329 g/mol. The van der Waals surface area contributed by atoms with Gasteiger partial charge in [0, 0.05) is 19.1 Å². The zero-order valence-corrected chi connectivity index (χ0v) is 13.2. The normalized spacial score (nSPS) is 20.4. The van der Waals surface area contributed by atoms with E-state index in [4.69, 9.17) is 0 Å². The Morgan fingerprint density at radius 1 is 1.47 bits per heavy atom. The highest BCUT2D eigenvalue weighted by Crippen LogP contribution is 2.21. The molecule has 2 rings (SSSR count). The molecule has 1 saturated heterocycles. The quantitative estimate of drug-likeness (QED) is 0.891. The Morgan fingerprint density at radius 3 is 2.95 bits per heavy atom. The summed E-state index contributed by atoms with van der Waals surface area (Å²) in [5, 5.41) is 3.45. The molecular formula is C15H22BrFN2. The van der Waals surface area contributed by atoms with Crippen molar-refractivity contribution < 1.29 is 4.39 Å². The number of benzene rings is 1. The summed E-state index contributed by atoms with van der Waals surface area (Å²) < 4.78 is 13.9. The van der Waals surface area contributed by atoms with E-state index < -0.39 is 0 Å². The third kappa shape index (κ3) is 4.01. The van der Waals surface area contributed by atoms with E-state index in [1.54, 1.807) is 6.07 Å². The molecule has 2 nitrogen and oxygen atoms in total. The van der Waals surface area contributed by atoms with Gasteiger partial charge in [-0.25, -0.2) is 4.39 Å². The summed E-state index contributed by atoms with van der Waals surface area (Å²) >= 11 is 3.30. The maximum absolute atomic E-state index is 13.4. The number of hydrogen-bond acceptors (Lipinski definition) is 2. The van der Waals surface area contributed by atoms with Crippen molar-refractivity contribution in [1.29, 1.82) is 0 Å². The standard InChI is InChI=1S/C15H22BrFN2/c1-11(2)19-7-6-12(10-19)8-18-9-13-4-3-5-14(17)15(13)16/h3-5,11-12,18H,6-10H2,1-2H3. The van der Waals surface area contributed by atoms with Crippen LogP contribution in [0.2, 0.25) is 0 Å². The number of likely N-dealkylation sites (tertiary alicyclic amines) is 1. The van der Waals surface area contributed by atoms with Gasteiger partial charge in [0.1, 0.15) is 5.82 Å². The Bertz CT molecular complexity index is 423. The van der Waals surface area contributed by atoms with Crippen LogP contribution < -0.4 is 5.32 Å². The first-order chi connectivity index (χ1) is 9.08. The Hall–Kier alpha value is -0.450. The van der Waals surface area contributed by atoms with Crippen LogP contribution in [0.25, 0.3) is 0 Å². The smallest absolute Gasteiger partial charge is 0.137 e. The van der Waals surface area contributed by atoms with Crippen molar-refractivity contribution in [3.05, 3.63) is 34.1 Å². The van der Waals surface area contributed by atoms with E-state index in [2.05, 4.69) is 40.0 Å². The second-order valence-electron chi connectivity index (χ2n) is 5.59. The Kier molecular flexibility index (Phi) is 5.37. The van der Waals surface area contributed by atoms with Crippen molar-refractivity contribution in [2.24, 2.45) is 5.92 Å². The third-order valence-electron chi connectivity index (χ3n) is 3.83. The third-order valence-corrected chi connectivity index (χ3v) is 4.72. The minimum absolute atomic E-state index is 0.189. The summed E-state index contributed by atoms with van der Waals surface area (Å²) in [5.74, 6) is 0.529. The summed E-state index contributed by atoms with van der Waals surface area (Å²) in [4.78, 5) is 2.52. The van der Waals surface area contributed by atoms with E-state index in [9.17, 15) is 4.39 Å². The van der Waals surface area contributed by atoms with Crippen LogP contribution in [0, 0.1) is 11.7 Å². The molecule has 1 aromatic rings. The van der Waals surface area contributed by atoms with Gasteiger partial charge in [-0.3, -0.25) is 0 Å². The first kappa shape index (κ1) is 14.9. The molecule has 1 aromatic carbocycles. The van der Waals surface area contributed by atoms with Crippen molar-refractivity contribution in [2.75, 3.05) is 19.6 Å². The van der Waals surface area contributed by atoms with Crippen molar-refractivity contribution in [2.45, 2.75) is 32.9 Å². The second kappa shape index (κ2) is 6.82. The lowest BCUT2D eigenvalue weighted by atomic mass is 10.1. The lowest BCUT2D eigenvalue weighted by molar-refractivity contribution is 0.264. The van der Waals surface area contributed by atoms with Crippen LogP contribution in [0.15, 0.2) is 22.7 Å². The highest BCUT2D eigenvalue weighted by molar-refractivity contribution is 9.10. The van der Waals surface area contributed by atoms with Crippen LogP contribution in [0.5, 0.6) is 0 Å². The lowest BCUT2D eigenvalue weighted by Gasteiger charge is -2.20. The maximum atomic E-state index is 13.4. The Labute approximate surface area is 123 Å². The minimum atomic E-state index is -0.189. The molecule has 0 aromatic heterocycles. The number of nitrogens with zero attached hydrogens (tertiary/aromatic N) is 1. The predicted octanol–water partition coefficient (Wildman–Crippen LogP) is 3.41. The summed E-state index contributed by atoms with van der Waals surface area (Å²) in [7, 11) is 0. The molecule has 0 bridgehead atoms. The van der Waals surface area contributed by atoms with E-state index in [0.29, 0.717) is 10.5 Å². The van der Waals surface area contributed by atoms with E-state index >= 15 is 0 Å². The molecule has 0 saturated carbocycles.